The first-order valence-corrected chi connectivity index (χ1v) is 12.5. The lowest BCUT2D eigenvalue weighted by Crippen LogP contribution is -2.32. The van der Waals surface area contributed by atoms with Crippen molar-refractivity contribution in [1.82, 2.24) is 4.90 Å². The molecule has 0 saturated carbocycles. The van der Waals surface area contributed by atoms with Gasteiger partial charge in [-0.15, -0.1) is 0 Å². The van der Waals surface area contributed by atoms with Crippen LogP contribution in [0, 0.1) is 5.82 Å². The van der Waals surface area contributed by atoms with Crippen LogP contribution in [-0.4, -0.2) is 24.1 Å². The number of halogens is 10. The number of rotatable bonds is 6. The van der Waals surface area contributed by atoms with E-state index in [-0.39, 0.29) is 29.2 Å². The van der Waals surface area contributed by atoms with Gasteiger partial charge in [-0.2, -0.15) is 39.5 Å². The number of hydrogen-bond donors (Lipinski definition) is 0. The number of carbonyl (C=O) groups is 1. The largest absolute Gasteiger partial charge is 0.496 e. The second-order valence-corrected chi connectivity index (χ2v) is 10.0. The summed E-state index contributed by atoms with van der Waals surface area (Å²) < 4.78 is 198. The summed E-state index contributed by atoms with van der Waals surface area (Å²) in [6, 6.07) is 1.23. The lowest BCUT2D eigenvalue weighted by molar-refractivity contribution is -0.143. The molecule has 4 nitrogen and oxygen atoms in total. The first kappa shape index (κ1) is 25.4. The van der Waals surface area contributed by atoms with E-state index in [1.54, 1.807) is 0 Å². The van der Waals surface area contributed by atoms with E-state index in [1.807, 2.05) is 0 Å². The predicted molar refractivity (Wildman–Crippen MR) is 138 cm³/mol. The number of hydrogen-bond acceptors (Lipinski definition) is 3. The Morgan fingerprint density at radius 3 is 2.05 bits per heavy atom. The maximum atomic E-state index is 15.4. The highest BCUT2D eigenvalue weighted by Crippen LogP contribution is 2.45. The van der Waals surface area contributed by atoms with Crippen LogP contribution in [-0.2, 0) is 29.8 Å². The monoisotopic (exact) mass is 643 g/mol. The standard InChI is InChI=1S/C30H25F10NO3/c1-14(2)24-22(31)7-8-23(43-4)25(24)21-6-5-18(28(32,33)34)11-17(21)13-41-15(3)26(44-27(41)42)16-9-19(29(35,36)37)12-20(10-16)30(38,39)40/h5-12,14-15,26H,13H2,1-4H3/t15-,26-/m0/s1/i4D3,13D2,14D. The van der Waals surface area contributed by atoms with E-state index in [4.69, 9.17) is 17.7 Å². The Balaban J connectivity index is 2.00. The first-order chi connectivity index (χ1) is 22.4. The van der Waals surface area contributed by atoms with Gasteiger partial charge in [0, 0.05) is 12.5 Å². The topological polar surface area (TPSA) is 38.8 Å². The molecule has 1 aliphatic rings. The summed E-state index contributed by atoms with van der Waals surface area (Å²) in [7, 11) is -3.26. The quantitative estimate of drug-likeness (QED) is 0.251. The summed E-state index contributed by atoms with van der Waals surface area (Å²) in [5, 5.41) is 0. The van der Waals surface area contributed by atoms with Gasteiger partial charge in [-0.25, -0.2) is 9.18 Å². The summed E-state index contributed by atoms with van der Waals surface area (Å²) in [4.78, 5) is 13.4. The smallest absolute Gasteiger partial charge is 0.416 e. The van der Waals surface area contributed by atoms with Crippen molar-refractivity contribution in [3.63, 3.8) is 0 Å². The third-order valence-electron chi connectivity index (χ3n) is 6.79. The molecule has 3 aromatic rings. The number of amides is 1. The summed E-state index contributed by atoms with van der Waals surface area (Å²) in [6.07, 6.45) is -19.5. The third-order valence-corrected chi connectivity index (χ3v) is 6.79. The zero-order valence-electron chi connectivity index (χ0n) is 28.7. The summed E-state index contributed by atoms with van der Waals surface area (Å²) in [5.41, 5.74) is -9.09. The van der Waals surface area contributed by atoms with Gasteiger partial charge in [-0.3, -0.25) is 4.90 Å². The SMILES string of the molecule is [2H]C([2H])([2H])Oc1ccc(F)c(C([2H])(C)C)c1-c1ccc(C(F)(F)F)cc1C([2H])([2H])N1C(=O)O[C@H](c2cc(C(F)(F)F)cc(C(F)(F)F)c2)[C@@H]1C. The molecule has 0 unspecified atom stereocenters. The van der Waals surface area contributed by atoms with Crippen LogP contribution in [0.3, 0.4) is 0 Å². The molecule has 3 aromatic carbocycles. The molecule has 44 heavy (non-hydrogen) atoms. The highest BCUT2D eigenvalue weighted by atomic mass is 19.4. The van der Waals surface area contributed by atoms with Gasteiger partial charge in [0.05, 0.1) is 43.1 Å². The molecule has 0 spiro atoms. The number of nitrogens with zero attached hydrogens (tertiary/aromatic N) is 1. The van der Waals surface area contributed by atoms with Crippen LogP contribution in [0.5, 0.6) is 5.75 Å². The van der Waals surface area contributed by atoms with E-state index in [0.29, 0.717) is 18.2 Å². The van der Waals surface area contributed by atoms with E-state index in [2.05, 4.69) is 0 Å². The zero-order chi connectivity index (χ0) is 38.2. The van der Waals surface area contributed by atoms with Crippen LogP contribution in [0.15, 0.2) is 48.5 Å². The van der Waals surface area contributed by atoms with Gasteiger partial charge in [-0.05, 0) is 72.0 Å². The van der Waals surface area contributed by atoms with Crippen molar-refractivity contribution >= 4 is 6.09 Å². The molecule has 1 heterocycles. The fraction of sp³-hybridized carbons (Fsp3) is 0.367. The zero-order valence-corrected chi connectivity index (χ0v) is 22.7. The first-order valence-electron chi connectivity index (χ1n) is 15.5. The molecule has 0 aromatic heterocycles. The van der Waals surface area contributed by atoms with Gasteiger partial charge in [-0.1, -0.05) is 19.9 Å². The van der Waals surface area contributed by atoms with E-state index in [9.17, 15) is 44.3 Å². The number of methoxy groups -OCH3 is 1. The summed E-state index contributed by atoms with van der Waals surface area (Å²) in [6.45, 7) is -0.288. The second kappa shape index (κ2) is 11.5. The molecule has 0 N–H and O–H groups in total. The maximum Gasteiger partial charge on any atom is 0.416 e. The molecule has 14 heteroatoms. The van der Waals surface area contributed by atoms with Crippen LogP contribution in [0.25, 0.3) is 11.1 Å². The van der Waals surface area contributed by atoms with Crippen molar-refractivity contribution in [3.8, 4) is 16.9 Å². The fourth-order valence-electron chi connectivity index (χ4n) is 4.76. The van der Waals surface area contributed by atoms with E-state index < -0.39 is 112 Å². The average Bonchev–Trinajstić information content (AvgIpc) is 3.24. The van der Waals surface area contributed by atoms with Gasteiger partial charge in [0.2, 0.25) is 0 Å². The third kappa shape index (κ3) is 6.43. The fourth-order valence-corrected chi connectivity index (χ4v) is 4.76. The van der Waals surface area contributed by atoms with Crippen molar-refractivity contribution in [2.24, 2.45) is 0 Å². The Kier molecular flexibility index (Phi) is 6.64. The Hall–Kier alpha value is -3.97. The highest BCUT2D eigenvalue weighted by molar-refractivity contribution is 5.79. The molecule has 1 fully saturated rings. The van der Waals surface area contributed by atoms with Crippen LogP contribution < -0.4 is 4.74 Å². The minimum Gasteiger partial charge on any atom is -0.496 e. The Labute approximate surface area is 253 Å². The van der Waals surface area contributed by atoms with Crippen LogP contribution in [0.2, 0.25) is 0 Å². The van der Waals surface area contributed by atoms with Crippen LogP contribution in [0.4, 0.5) is 48.7 Å². The predicted octanol–water partition coefficient (Wildman–Crippen LogP) is 9.76. The molecule has 1 saturated heterocycles. The molecule has 0 aliphatic carbocycles. The Bertz CT molecular complexity index is 1770. The van der Waals surface area contributed by atoms with Crippen LogP contribution in [0.1, 0.15) is 74.4 Å². The number of carbonyl (C=O) groups excluding carboxylic acids is 1. The van der Waals surface area contributed by atoms with E-state index in [1.165, 1.54) is 0 Å². The van der Waals surface area contributed by atoms with Gasteiger partial charge >= 0.3 is 24.6 Å². The maximum absolute atomic E-state index is 15.4. The van der Waals surface area contributed by atoms with Gasteiger partial charge < -0.3 is 9.47 Å². The number of alkyl halides is 9. The average molecular weight is 644 g/mol. The minimum atomic E-state index is -5.31. The van der Waals surface area contributed by atoms with Crippen molar-refractivity contribution in [3.05, 3.63) is 87.7 Å². The molecular weight excluding hydrogens is 612 g/mol. The number of benzene rings is 3. The molecule has 1 amide bonds. The van der Waals surface area contributed by atoms with Crippen molar-refractivity contribution in [2.45, 2.75) is 63.8 Å². The highest BCUT2D eigenvalue weighted by Gasteiger charge is 2.44. The van der Waals surface area contributed by atoms with Crippen LogP contribution >= 0.6 is 0 Å². The van der Waals surface area contributed by atoms with E-state index >= 15 is 4.39 Å². The molecule has 2 atom stereocenters. The Morgan fingerprint density at radius 1 is 0.932 bits per heavy atom. The van der Waals surface area contributed by atoms with Crippen molar-refractivity contribution < 1.29 is 66.4 Å². The molecule has 4 rings (SSSR count). The van der Waals surface area contributed by atoms with Crippen molar-refractivity contribution in [1.29, 1.82) is 0 Å². The molecule has 238 valence electrons. The molecular formula is C30H25F10NO3. The van der Waals surface area contributed by atoms with E-state index in [0.717, 1.165) is 26.8 Å². The minimum absolute atomic E-state index is 0.138. The Morgan fingerprint density at radius 2 is 1.52 bits per heavy atom. The lowest BCUT2D eigenvalue weighted by Gasteiger charge is -2.25. The summed E-state index contributed by atoms with van der Waals surface area (Å²) >= 11 is 0. The van der Waals surface area contributed by atoms with Crippen molar-refractivity contribution in [2.75, 3.05) is 7.04 Å². The normalized spacial score (nSPS) is 20.7. The van der Waals surface area contributed by atoms with Gasteiger partial charge in [0.1, 0.15) is 17.7 Å². The molecule has 0 radical (unpaired) electrons. The second-order valence-electron chi connectivity index (χ2n) is 10.0. The van der Waals surface area contributed by atoms with Gasteiger partial charge in [0.25, 0.3) is 0 Å². The number of ether oxygens (including phenoxy) is 2. The lowest BCUT2D eigenvalue weighted by atomic mass is 9.88. The number of cyclic esters (lactones) is 1. The van der Waals surface area contributed by atoms with Gasteiger partial charge in [0.15, 0.2) is 0 Å². The molecule has 0 bridgehead atoms. The molecule has 1 aliphatic heterocycles. The summed E-state index contributed by atoms with van der Waals surface area (Å²) in [5.74, 6) is -3.90.